The molecule has 0 radical (unpaired) electrons. The molecule has 0 bridgehead atoms. The second-order valence-corrected chi connectivity index (χ2v) is 3.85. The SMILES string of the molecule is Cc1cc(C)c2c(=O)[nH]n(C(=O)CCl)c2n1. The first-order chi connectivity index (χ1) is 7.54. The number of aromatic nitrogens is 3. The van der Waals surface area contributed by atoms with Crippen molar-refractivity contribution in [2.45, 2.75) is 13.8 Å². The zero-order valence-electron chi connectivity index (χ0n) is 8.87. The molecule has 1 N–H and O–H groups in total. The number of halogens is 1. The van der Waals surface area contributed by atoms with Gasteiger partial charge in [0.05, 0.1) is 5.39 Å². The molecule has 0 aromatic carbocycles. The Kier molecular flexibility index (Phi) is 2.55. The number of H-pyrrole nitrogens is 1. The summed E-state index contributed by atoms with van der Waals surface area (Å²) in [6.45, 7) is 3.61. The number of carbonyl (C=O) groups excluding carboxylic acids is 1. The Bertz CT molecular complexity index is 627. The number of nitrogens with one attached hydrogen (secondary N) is 1. The zero-order valence-corrected chi connectivity index (χ0v) is 9.63. The second-order valence-electron chi connectivity index (χ2n) is 3.58. The lowest BCUT2D eigenvalue weighted by atomic mass is 10.2. The third kappa shape index (κ3) is 1.53. The fourth-order valence-electron chi connectivity index (χ4n) is 1.71. The predicted octanol–water partition coefficient (Wildman–Crippen LogP) is 1.22. The Morgan fingerprint density at radius 2 is 2.25 bits per heavy atom. The average Bonchev–Trinajstić information content (AvgIpc) is 2.54. The van der Waals surface area contributed by atoms with Crippen molar-refractivity contribution >= 4 is 28.5 Å². The minimum absolute atomic E-state index is 0.200. The van der Waals surface area contributed by atoms with Crippen molar-refractivity contribution in [3.05, 3.63) is 27.7 Å². The number of hydrogen-bond donors (Lipinski definition) is 1. The van der Waals surface area contributed by atoms with E-state index in [1.807, 2.05) is 6.92 Å². The molecule has 0 amide bonds. The number of pyridine rings is 1. The monoisotopic (exact) mass is 239 g/mol. The summed E-state index contributed by atoms with van der Waals surface area (Å²) in [6, 6.07) is 1.80. The lowest BCUT2D eigenvalue weighted by Crippen LogP contribution is -2.16. The van der Waals surface area contributed by atoms with Gasteiger partial charge in [-0.25, -0.2) is 9.67 Å². The van der Waals surface area contributed by atoms with Gasteiger partial charge in [-0.15, -0.1) is 11.6 Å². The van der Waals surface area contributed by atoms with Gasteiger partial charge in [0, 0.05) is 5.69 Å². The van der Waals surface area contributed by atoms with Gasteiger partial charge in [0.15, 0.2) is 5.65 Å². The van der Waals surface area contributed by atoms with Crippen LogP contribution in [0, 0.1) is 13.8 Å². The minimum Gasteiger partial charge on any atom is -0.271 e. The van der Waals surface area contributed by atoms with E-state index in [2.05, 4.69) is 10.1 Å². The molecule has 2 heterocycles. The van der Waals surface area contributed by atoms with Crippen molar-refractivity contribution in [2.75, 3.05) is 5.88 Å². The van der Waals surface area contributed by atoms with Gasteiger partial charge in [-0.05, 0) is 25.5 Å². The lowest BCUT2D eigenvalue weighted by molar-refractivity contribution is 0.0929. The van der Waals surface area contributed by atoms with E-state index in [1.165, 1.54) is 0 Å². The lowest BCUT2D eigenvalue weighted by Gasteiger charge is -2.01. The summed E-state index contributed by atoms with van der Waals surface area (Å²) in [7, 11) is 0. The number of rotatable bonds is 1. The molecule has 0 aliphatic carbocycles. The molecule has 0 saturated heterocycles. The number of nitrogens with zero attached hydrogens (tertiary/aromatic N) is 2. The molecular weight excluding hydrogens is 230 g/mol. The van der Waals surface area contributed by atoms with Crippen molar-refractivity contribution < 1.29 is 4.79 Å². The molecule has 16 heavy (non-hydrogen) atoms. The molecule has 0 saturated carbocycles. The molecule has 2 aromatic rings. The Hall–Kier alpha value is -1.62. The molecule has 5 nitrogen and oxygen atoms in total. The van der Waals surface area contributed by atoms with Crippen LogP contribution in [-0.2, 0) is 0 Å². The summed E-state index contributed by atoms with van der Waals surface area (Å²) in [5, 5.41) is 2.87. The predicted molar refractivity (Wildman–Crippen MR) is 61.2 cm³/mol. The van der Waals surface area contributed by atoms with Crippen LogP contribution in [0.15, 0.2) is 10.9 Å². The second kappa shape index (κ2) is 3.75. The molecule has 0 aliphatic heterocycles. The van der Waals surface area contributed by atoms with Crippen molar-refractivity contribution in [3.63, 3.8) is 0 Å². The Morgan fingerprint density at radius 3 is 2.88 bits per heavy atom. The van der Waals surface area contributed by atoms with Crippen LogP contribution in [0.2, 0.25) is 0 Å². The van der Waals surface area contributed by atoms with Crippen molar-refractivity contribution in [2.24, 2.45) is 0 Å². The number of carbonyl (C=O) groups is 1. The Labute approximate surface area is 96.0 Å². The van der Waals surface area contributed by atoms with E-state index in [-0.39, 0.29) is 11.4 Å². The van der Waals surface area contributed by atoms with Crippen LogP contribution >= 0.6 is 11.6 Å². The standard InChI is InChI=1S/C10H10ClN3O2/c1-5-3-6(2)12-9-8(5)10(16)13-14(9)7(15)4-11/h3H,4H2,1-2H3,(H,13,16). The highest BCUT2D eigenvalue weighted by Crippen LogP contribution is 2.13. The van der Waals surface area contributed by atoms with E-state index in [4.69, 9.17) is 11.6 Å². The van der Waals surface area contributed by atoms with E-state index in [9.17, 15) is 9.59 Å². The number of hydrogen-bond acceptors (Lipinski definition) is 3. The van der Waals surface area contributed by atoms with E-state index >= 15 is 0 Å². The van der Waals surface area contributed by atoms with Gasteiger partial charge < -0.3 is 0 Å². The van der Waals surface area contributed by atoms with E-state index in [1.54, 1.807) is 13.0 Å². The quantitative estimate of drug-likeness (QED) is 0.761. The first-order valence-electron chi connectivity index (χ1n) is 4.72. The molecule has 0 aliphatic rings. The normalized spacial score (nSPS) is 10.9. The van der Waals surface area contributed by atoms with Gasteiger partial charge in [0.25, 0.3) is 11.5 Å². The van der Waals surface area contributed by atoms with Gasteiger partial charge in [0.1, 0.15) is 5.88 Å². The van der Waals surface area contributed by atoms with Gasteiger partial charge in [0.2, 0.25) is 0 Å². The van der Waals surface area contributed by atoms with Crippen molar-refractivity contribution in [3.8, 4) is 0 Å². The smallest absolute Gasteiger partial charge is 0.271 e. The van der Waals surface area contributed by atoms with Crippen LogP contribution in [0.25, 0.3) is 11.0 Å². The third-order valence-corrected chi connectivity index (χ3v) is 2.57. The fourth-order valence-corrected chi connectivity index (χ4v) is 1.83. The molecule has 6 heteroatoms. The van der Waals surface area contributed by atoms with Gasteiger partial charge in [-0.1, -0.05) is 0 Å². The average molecular weight is 240 g/mol. The number of aromatic amines is 1. The molecule has 84 valence electrons. The highest BCUT2D eigenvalue weighted by atomic mass is 35.5. The Balaban J connectivity index is 2.89. The summed E-state index contributed by atoms with van der Waals surface area (Å²) >= 11 is 5.46. The van der Waals surface area contributed by atoms with Crippen LogP contribution in [0.3, 0.4) is 0 Å². The molecule has 0 unspecified atom stereocenters. The van der Waals surface area contributed by atoms with Crippen LogP contribution < -0.4 is 5.56 Å². The van der Waals surface area contributed by atoms with E-state index in [0.717, 1.165) is 15.9 Å². The summed E-state index contributed by atoms with van der Waals surface area (Å²) in [4.78, 5) is 27.3. The highest BCUT2D eigenvalue weighted by Gasteiger charge is 2.15. The molecular formula is C10H10ClN3O2. The molecule has 2 aromatic heterocycles. The molecule has 0 fully saturated rings. The number of fused-ring (bicyclic) bond motifs is 1. The first-order valence-corrected chi connectivity index (χ1v) is 5.26. The Morgan fingerprint density at radius 1 is 1.56 bits per heavy atom. The van der Waals surface area contributed by atoms with Crippen LogP contribution in [0.5, 0.6) is 0 Å². The zero-order chi connectivity index (χ0) is 11.9. The maximum absolute atomic E-state index is 11.6. The van der Waals surface area contributed by atoms with Crippen LogP contribution in [0.1, 0.15) is 16.1 Å². The van der Waals surface area contributed by atoms with Crippen molar-refractivity contribution in [1.82, 2.24) is 14.8 Å². The fraction of sp³-hybridized carbons (Fsp3) is 0.300. The van der Waals surface area contributed by atoms with Gasteiger partial charge in [-0.2, -0.15) is 0 Å². The summed E-state index contributed by atoms with van der Waals surface area (Å²) in [5.74, 6) is -0.597. The molecule has 0 atom stereocenters. The van der Waals surface area contributed by atoms with E-state index in [0.29, 0.717) is 11.0 Å². The first kappa shape index (κ1) is 10.9. The third-order valence-electron chi connectivity index (χ3n) is 2.34. The molecule has 0 spiro atoms. The highest BCUT2D eigenvalue weighted by molar-refractivity contribution is 6.27. The number of aryl methyl sites for hydroxylation is 2. The van der Waals surface area contributed by atoms with Crippen LogP contribution in [0.4, 0.5) is 0 Å². The maximum atomic E-state index is 11.6. The van der Waals surface area contributed by atoms with Crippen LogP contribution in [-0.4, -0.2) is 26.6 Å². The van der Waals surface area contributed by atoms with E-state index < -0.39 is 5.91 Å². The summed E-state index contributed by atoms with van der Waals surface area (Å²) in [6.07, 6.45) is 0. The molecule has 2 rings (SSSR count). The summed E-state index contributed by atoms with van der Waals surface area (Å²) < 4.78 is 1.10. The maximum Gasteiger partial charge on any atom is 0.274 e. The minimum atomic E-state index is -0.397. The largest absolute Gasteiger partial charge is 0.274 e. The summed E-state index contributed by atoms with van der Waals surface area (Å²) in [5.41, 5.74) is 1.57. The number of alkyl halides is 1. The van der Waals surface area contributed by atoms with Crippen molar-refractivity contribution in [1.29, 1.82) is 0 Å². The van der Waals surface area contributed by atoms with Gasteiger partial charge >= 0.3 is 0 Å². The van der Waals surface area contributed by atoms with Gasteiger partial charge in [-0.3, -0.25) is 14.7 Å². The topological polar surface area (TPSA) is 67.8 Å².